The molecule has 0 aliphatic carbocycles. The van der Waals surface area contributed by atoms with E-state index in [2.05, 4.69) is 33.0 Å². The summed E-state index contributed by atoms with van der Waals surface area (Å²) in [7, 11) is 0. The first kappa shape index (κ1) is 13.4. The highest BCUT2D eigenvalue weighted by Crippen LogP contribution is 2.23. The predicted molar refractivity (Wildman–Crippen MR) is 59.9 cm³/mol. The van der Waals surface area contributed by atoms with Gasteiger partial charge in [-0.1, -0.05) is 27.7 Å². The first-order valence-electron chi connectivity index (χ1n) is 5.28. The molecule has 0 aromatic carbocycles. The summed E-state index contributed by atoms with van der Waals surface area (Å²) < 4.78 is 0. The van der Waals surface area contributed by atoms with E-state index < -0.39 is 6.04 Å². The molecule has 0 saturated heterocycles. The van der Waals surface area contributed by atoms with Gasteiger partial charge >= 0.3 is 0 Å². The largest absolute Gasteiger partial charge is 0.354 e. The van der Waals surface area contributed by atoms with E-state index >= 15 is 0 Å². The van der Waals surface area contributed by atoms with Gasteiger partial charge in [0.05, 0.1) is 6.04 Å². The summed E-state index contributed by atoms with van der Waals surface area (Å²) >= 11 is 0. The summed E-state index contributed by atoms with van der Waals surface area (Å²) in [5, 5.41) is 2.86. The average Bonchev–Trinajstić information content (AvgIpc) is 1.97. The standard InChI is InChI=1S/C11H24N2O/c1-8(2)6-11(4,5)7-13-10(14)9(3)12/h8-9H,6-7,12H2,1-5H3,(H,13,14)/t9-/m0/s1. The van der Waals surface area contributed by atoms with Gasteiger partial charge in [-0.15, -0.1) is 0 Å². The third-order valence-electron chi connectivity index (χ3n) is 2.12. The fraction of sp³-hybridized carbons (Fsp3) is 0.909. The van der Waals surface area contributed by atoms with Gasteiger partial charge in [-0.3, -0.25) is 4.79 Å². The highest BCUT2D eigenvalue weighted by Gasteiger charge is 2.20. The van der Waals surface area contributed by atoms with Crippen molar-refractivity contribution in [3.05, 3.63) is 0 Å². The van der Waals surface area contributed by atoms with Crippen molar-refractivity contribution in [2.75, 3.05) is 6.54 Å². The Morgan fingerprint density at radius 2 is 1.86 bits per heavy atom. The van der Waals surface area contributed by atoms with E-state index in [1.54, 1.807) is 6.92 Å². The number of hydrogen-bond donors (Lipinski definition) is 2. The van der Waals surface area contributed by atoms with E-state index in [4.69, 9.17) is 5.73 Å². The average molecular weight is 200 g/mol. The van der Waals surface area contributed by atoms with Crippen LogP contribution in [0.3, 0.4) is 0 Å². The molecule has 0 heterocycles. The van der Waals surface area contributed by atoms with Crippen LogP contribution in [-0.2, 0) is 4.79 Å². The SMILES string of the molecule is CC(C)CC(C)(C)CNC(=O)[C@H](C)N. The molecule has 0 radical (unpaired) electrons. The summed E-state index contributed by atoms with van der Waals surface area (Å²) in [6, 6.07) is -0.412. The molecule has 3 N–H and O–H groups in total. The molecular formula is C11H24N2O. The Hall–Kier alpha value is -0.570. The molecule has 0 fully saturated rings. The predicted octanol–water partition coefficient (Wildman–Crippen LogP) is 1.52. The fourth-order valence-corrected chi connectivity index (χ4v) is 1.66. The summed E-state index contributed by atoms with van der Waals surface area (Å²) in [5.41, 5.74) is 5.61. The minimum absolute atomic E-state index is 0.0677. The summed E-state index contributed by atoms with van der Waals surface area (Å²) in [5.74, 6) is 0.582. The number of rotatable bonds is 5. The van der Waals surface area contributed by atoms with Crippen molar-refractivity contribution in [3.8, 4) is 0 Å². The maximum Gasteiger partial charge on any atom is 0.236 e. The van der Waals surface area contributed by atoms with Crippen molar-refractivity contribution in [3.63, 3.8) is 0 Å². The van der Waals surface area contributed by atoms with E-state index in [-0.39, 0.29) is 11.3 Å². The molecule has 3 nitrogen and oxygen atoms in total. The van der Waals surface area contributed by atoms with Crippen molar-refractivity contribution in [1.29, 1.82) is 0 Å². The molecule has 0 bridgehead atoms. The van der Waals surface area contributed by atoms with Gasteiger partial charge < -0.3 is 11.1 Å². The first-order chi connectivity index (χ1) is 6.24. The molecule has 14 heavy (non-hydrogen) atoms. The van der Waals surface area contributed by atoms with E-state index in [1.807, 2.05) is 0 Å². The number of carbonyl (C=O) groups excluding carboxylic acids is 1. The van der Waals surface area contributed by atoms with E-state index in [9.17, 15) is 4.79 Å². The molecular weight excluding hydrogens is 176 g/mol. The zero-order valence-corrected chi connectivity index (χ0v) is 10.1. The molecule has 0 aliphatic heterocycles. The van der Waals surface area contributed by atoms with E-state index in [0.29, 0.717) is 12.5 Å². The highest BCUT2D eigenvalue weighted by atomic mass is 16.2. The number of carbonyl (C=O) groups is 1. The monoisotopic (exact) mass is 200 g/mol. The van der Waals surface area contributed by atoms with Crippen LogP contribution in [-0.4, -0.2) is 18.5 Å². The van der Waals surface area contributed by atoms with Gasteiger partial charge in [0.15, 0.2) is 0 Å². The zero-order valence-electron chi connectivity index (χ0n) is 10.1. The lowest BCUT2D eigenvalue weighted by molar-refractivity contribution is -0.122. The maximum atomic E-state index is 11.2. The number of amides is 1. The minimum atomic E-state index is -0.412. The molecule has 1 atom stereocenters. The molecule has 0 aromatic rings. The molecule has 0 aromatic heterocycles. The lowest BCUT2D eigenvalue weighted by Crippen LogP contribution is -2.42. The van der Waals surface area contributed by atoms with Crippen molar-refractivity contribution in [2.45, 2.75) is 47.1 Å². The van der Waals surface area contributed by atoms with Crippen LogP contribution in [0.1, 0.15) is 41.0 Å². The third-order valence-corrected chi connectivity index (χ3v) is 2.12. The second kappa shape index (κ2) is 5.35. The number of nitrogens with one attached hydrogen (secondary N) is 1. The zero-order chi connectivity index (χ0) is 11.4. The smallest absolute Gasteiger partial charge is 0.236 e. The molecule has 3 heteroatoms. The number of nitrogens with two attached hydrogens (primary N) is 1. The lowest BCUT2D eigenvalue weighted by Gasteiger charge is -2.27. The Bertz CT molecular complexity index is 186. The second-order valence-corrected chi connectivity index (χ2v) is 5.27. The van der Waals surface area contributed by atoms with Gasteiger partial charge in [0.1, 0.15) is 0 Å². The minimum Gasteiger partial charge on any atom is -0.354 e. The van der Waals surface area contributed by atoms with Gasteiger partial charge in [0.2, 0.25) is 5.91 Å². The molecule has 84 valence electrons. The normalized spacial score (nSPS) is 14.2. The van der Waals surface area contributed by atoms with Crippen LogP contribution in [0.4, 0.5) is 0 Å². The van der Waals surface area contributed by atoms with Crippen molar-refractivity contribution in [1.82, 2.24) is 5.32 Å². The Kier molecular flexibility index (Phi) is 5.13. The molecule has 0 rings (SSSR count). The Balaban J connectivity index is 3.92. The fourth-order valence-electron chi connectivity index (χ4n) is 1.66. The molecule has 0 unspecified atom stereocenters. The van der Waals surface area contributed by atoms with Crippen LogP contribution in [0, 0.1) is 11.3 Å². The van der Waals surface area contributed by atoms with Gasteiger partial charge in [-0.25, -0.2) is 0 Å². The van der Waals surface area contributed by atoms with Crippen LogP contribution in [0.2, 0.25) is 0 Å². The molecule has 0 spiro atoms. The van der Waals surface area contributed by atoms with Crippen LogP contribution in [0.15, 0.2) is 0 Å². The lowest BCUT2D eigenvalue weighted by atomic mass is 9.84. The van der Waals surface area contributed by atoms with Gasteiger partial charge in [-0.2, -0.15) is 0 Å². The number of hydrogen-bond acceptors (Lipinski definition) is 2. The van der Waals surface area contributed by atoms with E-state index in [0.717, 1.165) is 6.42 Å². The highest BCUT2D eigenvalue weighted by molar-refractivity contribution is 5.80. The second-order valence-electron chi connectivity index (χ2n) is 5.27. The Labute approximate surface area is 87.4 Å². The summed E-state index contributed by atoms with van der Waals surface area (Å²) in [6.45, 7) is 11.1. The third kappa shape index (κ3) is 5.97. The van der Waals surface area contributed by atoms with Crippen LogP contribution < -0.4 is 11.1 Å². The van der Waals surface area contributed by atoms with Gasteiger partial charge in [-0.05, 0) is 24.7 Å². The van der Waals surface area contributed by atoms with Crippen LogP contribution in [0.5, 0.6) is 0 Å². The van der Waals surface area contributed by atoms with Crippen LogP contribution >= 0.6 is 0 Å². The van der Waals surface area contributed by atoms with E-state index in [1.165, 1.54) is 0 Å². The van der Waals surface area contributed by atoms with Crippen molar-refractivity contribution < 1.29 is 4.79 Å². The first-order valence-corrected chi connectivity index (χ1v) is 5.28. The molecule has 1 amide bonds. The van der Waals surface area contributed by atoms with Crippen LogP contribution in [0.25, 0.3) is 0 Å². The van der Waals surface area contributed by atoms with Gasteiger partial charge in [0, 0.05) is 6.54 Å². The van der Waals surface area contributed by atoms with Crippen molar-refractivity contribution >= 4 is 5.91 Å². The maximum absolute atomic E-state index is 11.2. The molecule has 0 saturated carbocycles. The Morgan fingerprint density at radius 3 is 2.21 bits per heavy atom. The molecule has 0 aliphatic rings. The topological polar surface area (TPSA) is 55.1 Å². The summed E-state index contributed by atoms with van der Waals surface area (Å²) in [4.78, 5) is 11.2. The Morgan fingerprint density at radius 1 is 1.36 bits per heavy atom. The van der Waals surface area contributed by atoms with Crippen molar-refractivity contribution in [2.24, 2.45) is 17.1 Å². The van der Waals surface area contributed by atoms with Gasteiger partial charge in [0.25, 0.3) is 0 Å². The quantitative estimate of drug-likeness (QED) is 0.707. The summed E-state index contributed by atoms with van der Waals surface area (Å²) in [6.07, 6.45) is 1.10.